The summed E-state index contributed by atoms with van der Waals surface area (Å²) in [6.45, 7) is 6.14. The first-order valence-electron chi connectivity index (χ1n) is 14.4. The van der Waals surface area contributed by atoms with Gasteiger partial charge in [-0.3, -0.25) is 19.2 Å². The summed E-state index contributed by atoms with van der Waals surface area (Å²) in [7, 11) is 1.15. The van der Waals surface area contributed by atoms with E-state index in [1.165, 1.54) is 0 Å². The van der Waals surface area contributed by atoms with Gasteiger partial charge in [-0.1, -0.05) is 27.7 Å². The predicted octanol–water partition coefficient (Wildman–Crippen LogP) is 2.96. The fourth-order valence-corrected chi connectivity index (χ4v) is 4.04. The number of carbonyl (C=O) groups is 6. The van der Waals surface area contributed by atoms with Gasteiger partial charge in [0.2, 0.25) is 6.29 Å². The molecule has 238 valence electrons. The molecule has 0 amide bonds. The third-order valence-electron chi connectivity index (χ3n) is 6.13. The number of hydrogen-bond donors (Lipinski definition) is 0. The van der Waals surface area contributed by atoms with E-state index in [1.807, 2.05) is 6.92 Å². The molecule has 0 aromatic rings. The molecule has 0 N–H and O–H groups in total. The predicted molar refractivity (Wildman–Crippen MR) is 145 cm³/mol. The summed E-state index contributed by atoms with van der Waals surface area (Å²) in [5.41, 5.74) is 0. The minimum atomic E-state index is -1.35. The fraction of sp³-hybridized carbons (Fsp3) is 0.724. The number of methoxy groups -OCH3 is 1. The summed E-state index contributed by atoms with van der Waals surface area (Å²) in [5, 5.41) is 0. The molecule has 13 nitrogen and oxygen atoms in total. The van der Waals surface area contributed by atoms with E-state index >= 15 is 0 Å². The lowest BCUT2D eigenvalue weighted by molar-refractivity contribution is -0.279. The van der Waals surface area contributed by atoms with Gasteiger partial charge < -0.3 is 33.2 Å². The van der Waals surface area contributed by atoms with Gasteiger partial charge in [-0.15, -0.1) is 0 Å². The van der Waals surface area contributed by atoms with Crippen molar-refractivity contribution in [3.8, 4) is 0 Å². The Morgan fingerprint density at radius 3 is 1.60 bits per heavy atom. The minimum Gasteiger partial charge on any atom is -0.466 e. The molecule has 0 radical (unpaired) electrons. The molecule has 42 heavy (non-hydrogen) atoms. The molecule has 0 aliphatic carbocycles. The minimum absolute atomic E-state index is 0.0680. The summed E-state index contributed by atoms with van der Waals surface area (Å²) in [4.78, 5) is 73.4. The SMILES string of the molecule is CCCC(=O)OC[C@H]1[C@@H](OC(=O)CCC)O[C@H](COC(=O)/C=C/C(=O)OC)[C@@H](COC(=O)CCC)[C@@H]1OC(=O)CCC. The number of hydrogen-bond acceptors (Lipinski definition) is 13. The topological polar surface area (TPSA) is 167 Å². The maximum absolute atomic E-state index is 12.7. The Kier molecular flexibility index (Phi) is 17.8. The summed E-state index contributed by atoms with van der Waals surface area (Å²) >= 11 is 0. The Labute approximate surface area is 246 Å². The maximum Gasteiger partial charge on any atom is 0.331 e. The Hall–Kier alpha value is -3.48. The maximum atomic E-state index is 12.7. The quantitative estimate of drug-likeness (QED) is 0.128. The Morgan fingerprint density at radius 2 is 1.07 bits per heavy atom. The zero-order valence-corrected chi connectivity index (χ0v) is 25.1. The molecule has 1 saturated heterocycles. The van der Waals surface area contributed by atoms with Gasteiger partial charge in [0.15, 0.2) is 0 Å². The van der Waals surface area contributed by atoms with Crippen LogP contribution in [0.5, 0.6) is 0 Å². The van der Waals surface area contributed by atoms with Crippen molar-refractivity contribution < 1.29 is 61.9 Å². The van der Waals surface area contributed by atoms with Crippen molar-refractivity contribution in [1.82, 2.24) is 0 Å². The molecule has 13 heteroatoms. The highest BCUT2D eigenvalue weighted by Gasteiger charge is 2.51. The van der Waals surface area contributed by atoms with Crippen LogP contribution in [0.4, 0.5) is 0 Å². The lowest BCUT2D eigenvalue weighted by Gasteiger charge is -2.45. The van der Waals surface area contributed by atoms with Gasteiger partial charge in [-0.05, 0) is 25.7 Å². The molecule has 0 unspecified atom stereocenters. The van der Waals surface area contributed by atoms with E-state index in [1.54, 1.807) is 20.8 Å². The number of esters is 6. The number of rotatable bonds is 18. The molecule has 1 fully saturated rings. The molecule has 1 heterocycles. The van der Waals surface area contributed by atoms with E-state index < -0.39 is 72.8 Å². The van der Waals surface area contributed by atoms with Crippen LogP contribution in [-0.2, 0) is 61.9 Å². The first-order valence-corrected chi connectivity index (χ1v) is 14.4. The van der Waals surface area contributed by atoms with E-state index in [4.69, 9.17) is 28.4 Å². The second kappa shape index (κ2) is 20.4. The summed E-state index contributed by atoms with van der Waals surface area (Å²) < 4.78 is 38.1. The van der Waals surface area contributed by atoms with E-state index in [9.17, 15) is 28.8 Å². The smallest absolute Gasteiger partial charge is 0.331 e. The summed E-state index contributed by atoms with van der Waals surface area (Å²) in [6, 6.07) is 0. The second-order valence-electron chi connectivity index (χ2n) is 9.67. The third-order valence-corrected chi connectivity index (χ3v) is 6.13. The Morgan fingerprint density at radius 1 is 0.595 bits per heavy atom. The highest BCUT2D eigenvalue weighted by molar-refractivity contribution is 5.91. The van der Waals surface area contributed by atoms with Gasteiger partial charge in [0.1, 0.15) is 32.0 Å². The van der Waals surface area contributed by atoms with Gasteiger partial charge in [-0.25, -0.2) is 9.59 Å². The van der Waals surface area contributed by atoms with Crippen LogP contribution in [0.25, 0.3) is 0 Å². The molecular weight excluding hydrogens is 556 g/mol. The molecule has 0 saturated carbocycles. The Balaban J connectivity index is 3.45. The van der Waals surface area contributed by atoms with E-state index in [-0.39, 0.29) is 38.9 Å². The van der Waals surface area contributed by atoms with Crippen molar-refractivity contribution in [3.05, 3.63) is 12.2 Å². The summed E-state index contributed by atoms with van der Waals surface area (Å²) in [5.74, 6) is -5.74. The fourth-order valence-electron chi connectivity index (χ4n) is 4.04. The normalized spacial score (nSPS) is 21.7. The molecule has 0 spiro atoms. The standard InChI is InChI=1S/C29H44O13/c1-6-10-23(31)37-16-19-21(18-39-25(33)15-14-22(30)36-5)40-29(42-27(35)13-9-4)20(17-38-24(32)11-7-2)28(19)41-26(34)12-8-3/h14-15,19-21,28-29H,6-13,16-18H2,1-5H3/b15-14+/t19-,20-,21-,28+,29-/m1/s1. The molecule has 1 aliphatic rings. The van der Waals surface area contributed by atoms with Crippen LogP contribution in [-0.4, -0.2) is 81.2 Å². The van der Waals surface area contributed by atoms with E-state index in [0.29, 0.717) is 25.7 Å². The lowest BCUT2D eigenvalue weighted by Crippen LogP contribution is -2.58. The molecule has 1 rings (SSSR count). The van der Waals surface area contributed by atoms with Crippen molar-refractivity contribution in [3.63, 3.8) is 0 Å². The number of ether oxygens (including phenoxy) is 7. The zero-order valence-electron chi connectivity index (χ0n) is 25.1. The van der Waals surface area contributed by atoms with Crippen LogP contribution in [0, 0.1) is 11.8 Å². The van der Waals surface area contributed by atoms with Gasteiger partial charge in [0, 0.05) is 37.8 Å². The highest BCUT2D eigenvalue weighted by atomic mass is 16.7. The molecule has 0 aromatic carbocycles. The van der Waals surface area contributed by atoms with Crippen molar-refractivity contribution in [1.29, 1.82) is 0 Å². The van der Waals surface area contributed by atoms with E-state index in [2.05, 4.69) is 4.74 Å². The van der Waals surface area contributed by atoms with Crippen LogP contribution in [0.3, 0.4) is 0 Å². The average molecular weight is 601 g/mol. The van der Waals surface area contributed by atoms with Gasteiger partial charge in [0.05, 0.1) is 18.9 Å². The van der Waals surface area contributed by atoms with Gasteiger partial charge in [0.25, 0.3) is 0 Å². The van der Waals surface area contributed by atoms with Crippen molar-refractivity contribution in [2.24, 2.45) is 11.8 Å². The molecule has 5 atom stereocenters. The first-order chi connectivity index (χ1) is 20.1. The Bertz CT molecular complexity index is 928. The van der Waals surface area contributed by atoms with E-state index in [0.717, 1.165) is 19.3 Å². The molecule has 0 bridgehead atoms. The number of carbonyl (C=O) groups excluding carboxylic acids is 6. The first kappa shape index (κ1) is 36.5. The third kappa shape index (κ3) is 13.5. The van der Waals surface area contributed by atoms with Crippen LogP contribution < -0.4 is 0 Å². The van der Waals surface area contributed by atoms with Crippen molar-refractivity contribution in [2.75, 3.05) is 26.9 Å². The molecular formula is C29H44O13. The second-order valence-corrected chi connectivity index (χ2v) is 9.67. The van der Waals surface area contributed by atoms with Crippen LogP contribution in [0.2, 0.25) is 0 Å². The average Bonchev–Trinajstić information content (AvgIpc) is 2.94. The highest BCUT2D eigenvalue weighted by Crippen LogP contribution is 2.35. The molecule has 0 aromatic heterocycles. The van der Waals surface area contributed by atoms with Gasteiger partial charge >= 0.3 is 35.8 Å². The van der Waals surface area contributed by atoms with Gasteiger partial charge in [-0.2, -0.15) is 0 Å². The van der Waals surface area contributed by atoms with Crippen molar-refractivity contribution in [2.45, 2.75) is 97.6 Å². The van der Waals surface area contributed by atoms with Crippen LogP contribution in [0.1, 0.15) is 79.1 Å². The largest absolute Gasteiger partial charge is 0.466 e. The monoisotopic (exact) mass is 600 g/mol. The van der Waals surface area contributed by atoms with Crippen LogP contribution in [0.15, 0.2) is 12.2 Å². The van der Waals surface area contributed by atoms with Crippen molar-refractivity contribution >= 4 is 35.8 Å². The summed E-state index contributed by atoms with van der Waals surface area (Å²) in [6.07, 6.45) is 0.645. The lowest BCUT2D eigenvalue weighted by atomic mass is 9.84. The molecule has 1 aliphatic heterocycles. The van der Waals surface area contributed by atoms with Crippen LogP contribution >= 0.6 is 0 Å². The zero-order chi connectivity index (χ0) is 31.5.